The number of benzene rings is 1. The van der Waals surface area contributed by atoms with Crippen LogP contribution in [0.3, 0.4) is 0 Å². The Hall–Kier alpha value is -0.670. The van der Waals surface area contributed by atoms with Gasteiger partial charge in [0.1, 0.15) is 11.8 Å². The van der Waals surface area contributed by atoms with Crippen molar-refractivity contribution in [2.24, 2.45) is 0 Å². The average molecular weight is 323 g/mol. The fraction of sp³-hybridized carbons (Fsp3) is 0.0833. The van der Waals surface area contributed by atoms with Crippen LogP contribution in [0.2, 0.25) is 20.2 Å². The highest BCUT2D eigenvalue weighted by molar-refractivity contribution is 6.40. The van der Waals surface area contributed by atoms with Crippen molar-refractivity contribution in [2.75, 3.05) is 0 Å². The third kappa shape index (κ3) is 3.42. The first-order valence-corrected chi connectivity index (χ1v) is 6.45. The second-order valence-electron chi connectivity index (χ2n) is 3.47. The molecule has 0 spiro atoms. The number of rotatable bonds is 3. The maximum Gasteiger partial charge on any atom is 0.157 e. The predicted octanol–water partition coefficient (Wildman–Crippen LogP) is 5.27. The van der Waals surface area contributed by atoms with Gasteiger partial charge < -0.3 is 4.74 Å². The number of ether oxygens (including phenoxy) is 1. The van der Waals surface area contributed by atoms with Crippen LogP contribution in [-0.2, 0) is 6.61 Å². The maximum absolute atomic E-state index is 6.00. The van der Waals surface area contributed by atoms with E-state index in [9.17, 15) is 0 Å². The second kappa shape index (κ2) is 5.98. The van der Waals surface area contributed by atoms with Crippen LogP contribution in [0.15, 0.2) is 30.5 Å². The molecule has 2 aromatic rings. The highest BCUT2D eigenvalue weighted by Gasteiger charge is 2.09. The van der Waals surface area contributed by atoms with Gasteiger partial charge in [-0.3, -0.25) is 0 Å². The van der Waals surface area contributed by atoms with Gasteiger partial charge in [-0.25, -0.2) is 4.98 Å². The summed E-state index contributed by atoms with van der Waals surface area (Å²) in [7, 11) is 0. The molecular formula is C12H7Cl4NO. The molecule has 1 aromatic carbocycles. The fourth-order valence-corrected chi connectivity index (χ4v) is 2.48. The Kier molecular flexibility index (Phi) is 4.57. The first kappa shape index (κ1) is 13.8. The number of aromatic nitrogens is 1. The zero-order valence-corrected chi connectivity index (χ0v) is 12.0. The van der Waals surface area contributed by atoms with E-state index < -0.39 is 0 Å². The molecule has 1 aromatic heterocycles. The van der Waals surface area contributed by atoms with Gasteiger partial charge in [0.2, 0.25) is 0 Å². The summed E-state index contributed by atoms with van der Waals surface area (Å²) in [5.74, 6) is 0.399. The first-order chi connectivity index (χ1) is 8.56. The van der Waals surface area contributed by atoms with Crippen molar-refractivity contribution in [3.8, 4) is 5.75 Å². The lowest BCUT2D eigenvalue weighted by Gasteiger charge is -2.10. The van der Waals surface area contributed by atoms with Crippen molar-refractivity contribution in [3.63, 3.8) is 0 Å². The molecule has 1 heterocycles. The number of pyridine rings is 1. The SMILES string of the molecule is Clc1cc(Cl)c(OCc2ccnc(Cl)c2)c(Cl)c1. The van der Waals surface area contributed by atoms with Gasteiger partial charge in [-0.2, -0.15) is 0 Å². The third-order valence-electron chi connectivity index (χ3n) is 2.14. The van der Waals surface area contributed by atoms with Gasteiger partial charge in [0, 0.05) is 11.2 Å². The van der Waals surface area contributed by atoms with Crippen LogP contribution in [0, 0.1) is 0 Å². The lowest BCUT2D eigenvalue weighted by molar-refractivity contribution is 0.306. The summed E-state index contributed by atoms with van der Waals surface area (Å²) in [6.07, 6.45) is 1.60. The lowest BCUT2D eigenvalue weighted by atomic mass is 10.3. The fourth-order valence-electron chi connectivity index (χ4n) is 1.35. The Morgan fingerprint density at radius 1 is 1.00 bits per heavy atom. The third-order valence-corrected chi connectivity index (χ3v) is 3.12. The topological polar surface area (TPSA) is 22.1 Å². The van der Waals surface area contributed by atoms with Gasteiger partial charge in [0.05, 0.1) is 10.0 Å². The molecule has 18 heavy (non-hydrogen) atoms. The summed E-state index contributed by atoms with van der Waals surface area (Å²) in [4.78, 5) is 3.88. The minimum Gasteiger partial charge on any atom is -0.486 e. The molecule has 2 rings (SSSR count). The van der Waals surface area contributed by atoms with Crippen LogP contribution in [0.25, 0.3) is 0 Å². The van der Waals surface area contributed by atoms with Crippen LogP contribution in [0.5, 0.6) is 5.75 Å². The van der Waals surface area contributed by atoms with E-state index in [1.807, 2.05) is 0 Å². The number of hydrogen-bond acceptors (Lipinski definition) is 2. The summed E-state index contributed by atoms with van der Waals surface area (Å²) >= 11 is 23.6. The number of hydrogen-bond donors (Lipinski definition) is 0. The smallest absolute Gasteiger partial charge is 0.157 e. The van der Waals surface area contributed by atoms with E-state index in [1.165, 1.54) is 0 Å². The Balaban J connectivity index is 2.16. The zero-order valence-electron chi connectivity index (χ0n) is 8.96. The van der Waals surface area contributed by atoms with Crippen molar-refractivity contribution in [2.45, 2.75) is 6.61 Å². The van der Waals surface area contributed by atoms with E-state index in [2.05, 4.69) is 4.98 Å². The van der Waals surface area contributed by atoms with E-state index in [1.54, 1.807) is 30.5 Å². The standard InChI is InChI=1S/C12H7Cl4NO/c13-8-4-9(14)12(10(15)5-8)18-6-7-1-2-17-11(16)3-7/h1-5H,6H2. The zero-order chi connectivity index (χ0) is 13.1. The van der Waals surface area contributed by atoms with Crippen molar-refractivity contribution in [3.05, 3.63) is 56.2 Å². The first-order valence-electron chi connectivity index (χ1n) is 4.94. The van der Waals surface area contributed by atoms with Gasteiger partial charge in [-0.15, -0.1) is 0 Å². The van der Waals surface area contributed by atoms with E-state index in [0.29, 0.717) is 32.6 Å². The van der Waals surface area contributed by atoms with Gasteiger partial charge in [0.25, 0.3) is 0 Å². The van der Waals surface area contributed by atoms with Crippen molar-refractivity contribution >= 4 is 46.4 Å². The predicted molar refractivity (Wildman–Crippen MR) is 75.1 cm³/mol. The largest absolute Gasteiger partial charge is 0.486 e. The molecular weight excluding hydrogens is 316 g/mol. The van der Waals surface area contributed by atoms with Crippen LogP contribution in [0.1, 0.15) is 5.56 Å². The van der Waals surface area contributed by atoms with E-state index in [0.717, 1.165) is 5.56 Å². The Morgan fingerprint density at radius 2 is 1.67 bits per heavy atom. The quantitative estimate of drug-likeness (QED) is 0.718. The second-order valence-corrected chi connectivity index (χ2v) is 5.11. The van der Waals surface area contributed by atoms with E-state index >= 15 is 0 Å². The summed E-state index contributed by atoms with van der Waals surface area (Å²) in [5.41, 5.74) is 0.872. The Bertz CT molecular complexity index is 551. The highest BCUT2D eigenvalue weighted by Crippen LogP contribution is 2.36. The van der Waals surface area contributed by atoms with Crippen molar-refractivity contribution in [1.29, 1.82) is 0 Å². The van der Waals surface area contributed by atoms with Crippen LogP contribution in [0.4, 0.5) is 0 Å². The average Bonchev–Trinajstić information content (AvgIpc) is 2.27. The van der Waals surface area contributed by atoms with Gasteiger partial charge >= 0.3 is 0 Å². The minimum absolute atomic E-state index is 0.295. The van der Waals surface area contributed by atoms with Gasteiger partial charge in [-0.1, -0.05) is 46.4 Å². The van der Waals surface area contributed by atoms with Crippen LogP contribution in [-0.4, -0.2) is 4.98 Å². The van der Waals surface area contributed by atoms with Gasteiger partial charge in [0.15, 0.2) is 5.75 Å². The van der Waals surface area contributed by atoms with Crippen molar-refractivity contribution < 1.29 is 4.74 Å². The summed E-state index contributed by atoms with van der Waals surface area (Å²) in [6.45, 7) is 0.295. The Labute approximate surface area is 124 Å². The number of nitrogens with zero attached hydrogens (tertiary/aromatic N) is 1. The molecule has 0 radical (unpaired) electrons. The normalized spacial score (nSPS) is 10.4. The minimum atomic E-state index is 0.295. The molecule has 6 heteroatoms. The van der Waals surface area contributed by atoms with E-state index in [4.69, 9.17) is 51.1 Å². The molecule has 0 aliphatic carbocycles. The monoisotopic (exact) mass is 321 g/mol. The van der Waals surface area contributed by atoms with Crippen molar-refractivity contribution in [1.82, 2.24) is 4.98 Å². The molecule has 94 valence electrons. The molecule has 0 aliphatic rings. The number of halogens is 4. The molecule has 0 atom stereocenters. The summed E-state index contributed by atoms with van der Waals surface area (Å²) in [5, 5.41) is 1.61. The molecule has 0 fully saturated rings. The molecule has 0 saturated heterocycles. The van der Waals surface area contributed by atoms with Crippen LogP contribution >= 0.6 is 46.4 Å². The van der Waals surface area contributed by atoms with Crippen LogP contribution < -0.4 is 4.74 Å². The van der Waals surface area contributed by atoms with E-state index in [-0.39, 0.29) is 0 Å². The summed E-state index contributed by atoms with van der Waals surface area (Å²) in [6, 6.07) is 6.65. The molecule has 0 saturated carbocycles. The highest BCUT2D eigenvalue weighted by atomic mass is 35.5. The lowest BCUT2D eigenvalue weighted by Crippen LogP contribution is -1.97. The Morgan fingerprint density at radius 3 is 2.28 bits per heavy atom. The van der Waals surface area contributed by atoms with Gasteiger partial charge in [-0.05, 0) is 29.8 Å². The molecule has 0 aliphatic heterocycles. The molecule has 0 N–H and O–H groups in total. The molecule has 0 amide bonds. The molecule has 0 bridgehead atoms. The summed E-state index contributed by atoms with van der Waals surface area (Å²) < 4.78 is 5.55. The maximum atomic E-state index is 6.00. The molecule has 0 unspecified atom stereocenters. The molecule has 2 nitrogen and oxygen atoms in total.